The molecule has 1 atom stereocenters. The third kappa shape index (κ3) is 1.65. The van der Waals surface area contributed by atoms with Gasteiger partial charge in [0, 0.05) is 0 Å². The number of hydrogen-bond donors (Lipinski definition) is 1. The molecule has 0 aromatic heterocycles. The molecule has 0 saturated heterocycles. The van der Waals surface area contributed by atoms with Crippen LogP contribution in [0.25, 0.3) is 0 Å². The zero-order chi connectivity index (χ0) is 9.15. The summed E-state index contributed by atoms with van der Waals surface area (Å²) in [5.74, 6) is 0. The Hall–Kier alpha value is -1.08. The van der Waals surface area contributed by atoms with Gasteiger partial charge in [0.1, 0.15) is 5.60 Å². The van der Waals surface area contributed by atoms with Gasteiger partial charge < -0.3 is 5.11 Å². The minimum absolute atomic E-state index is 0.709. The molecule has 1 heteroatoms. The van der Waals surface area contributed by atoms with Crippen molar-refractivity contribution in [2.75, 3.05) is 0 Å². The maximum atomic E-state index is 10.3. The monoisotopic (exact) mass is 174 g/mol. The average Bonchev–Trinajstić information content (AvgIpc) is 2.20. The van der Waals surface area contributed by atoms with E-state index < -0.39 is 5.60 Å². The van der Waals surface area contributed by atoms with Gasteiger partial charge in [-0.1, -0.05) is 42.5 Å². The summed E-state index contributed by atoms with van der Waals surface area (Å²) >= 11 is 0. The smallest absolute Gasteiger partial charge is 0.108 e. The van der Waals surface area contributed by atoms with Crippen molar-refractivity contribution in [3.8, 4) is 0 Å². The van der Waals surface area contributed by atoms with Crippen molar-refractivity contribution < 1.29 is 5.11 Å². The molecule has 0 spiro atoms. The van der Waals surface area contributed by atoms with Gasteiger partial charge >= 0.3 is 0 Å². The molecular weight excluding hydrogens is 160 g/mol. The lowest BCUT2D eigenvalue weighted by molar-refractivity contribution is 0.0726. The van der Waals surface area contributed by atoms with Crippen molar-refractivity contribution >= 4 is 0 Å². The molecule has 1 aliphatic carbocycles. The predicted molar refractivity (Wildman–Crippen MR) is 53.3 cm³/mol. The first kappa shape index (κ1) is 8.52. The molecule has 1 aromatic carbocycles. The van der Waals surface area contributed by atoms with Crippen LogP contribution in [0.4, 0.5) is 0 Å². The molecule has 13 heavy (non-hydrogen) atoms. The van der Waals surface area contributed by atoms with E-state index in [1.54, 1.807) is 0 Å². The molecule has 0 amide bonds. The number of rotatable bonds is 1. The summed E-state index contributed by atoms with van der Waals surface area (Å²) in [6.07, 6.45) is 6.99. The van der Waals surface area contributed by atoms with Crippen LogP contribution < -0.4 is 0 Å². The fourth-order valence-electron chi connectivity index (χ4n) is 1.82. The van der Waals surface area contributed by atoms with Gasteiger partial charge in [0.25, 0.3) is 0 Å². The Morgan fingerprint density at radius 3 is 2.54 bits per heavy atom. The third-order valence-electron chi connectivity index (χ3n) is 2.60. The molecule has 1 N–H and O–H groups in total. The second kappa shape index (κ2) is 3.35. The molecule has 1 aromatic rings. The van der Waals surface area contributed by atoms with Gasteiger partial charge in [-0.25, -0.2) is 0 Å². The van der Waals surface area contributed by atoms with Crippen LogP contribution in [0.3, 0.4) is 0 Å². The highest BCUT2D eigenvalue weighted by Crippen LogP contribution is 2.31. The quantitative estimate of drug-likeness (QED) is 0.649. The minimum atomic E-state index is -0.709. The Balaban J connectivity index is 2.34. The van der Waals surface area contributed by atoms with Gasteiger partial charge in [-0.15, -0.1) is 0 Å². The summed E-state index contributed by atoms with van der Waals surface area (Å²) in [7, 11) is 0. The Bertz CT molecular complexity index is 302. The van der Waals surface area contributed by atoms with Crippen molar-refractivity contribution in [2.24, 2.45) is 0 Å². The van der Waals surface area contributed by atoms with Crippen molar-refractivity contribution in [1.82, 2.24) is 0 Å². The van der Waals surface area contributed by atoms with Crippen LogP contribution in [0.2, 0.25) is 0 Å². The third-order valence-corrected chi connectivity index (χ3v) is 2.60. The van der Waals surface area contributed by atoms with Crippen LogP contribution in [0, 0.1) is 0 Å². The fraction of sp³-hybridized carbons (Fsp3) is 0.333. The Kier molecular flexibility index (Phi) is 2.19. The summed E-state index contributed by atoms with van der Waals surface area (Å²) in [5, 5.41) is 10.3. The first-order valence-corrected chi connectivity index (χ1v) is 4.77. The largest absolute Gasteiger partial charge is 0.381 e. The molecule has 68 valence electrons. The normalized spacial score (nSPS) is 27.5. The van der Waals surface area contributed by atoms with Crippen LogP contribution in [0.15, 0.2) is 42.5 Å². The Labute approximate surface area is 78.7 Å². The average molecular weight is 174 g/mol. The van der Waals surface area contributed by atoms with Crippen molar-refractivity contribution in [3.05, 3.63) is 48.0 Å². The maximum Gasteiger partial charge on any atom is 0.108 e. The molecule has 0 heterocycles. The molecule has 0 aliphatic heterocycles. The summed E-state index contributed by atoms with van der Waals surface area (Å²) in [4.78, 5) is 0. The van der Waals surface area contributed by atoms with Gasteiger partial charge in [-0.3, -0.25) is 0 Å². The van der Waals surface area contributed by atoms with Gasteiger partial charge in [-0.05, 0) is 24.8 Å². The molecule has 2 rings (SSSR count). The molecule has 0 radical (unpaired) electrons. The van der Waals surface area contributed by atoms with Crippen LogP contribution >= 0.6 is 0 Å². The second-order valence-corrected chi connectivity index (χ2v) is 3.58. The minimum Gasteiger partial charge on any atom is -0.381 e. The van der Waals surface area contributed by atoms with Gasteiger partial charge in [0.15, 0.2) is 0 Å². The first-order valence-electron chi connectivity index (χ1n) is 4.77. The number of benzene rings is 1. The SMILES string of the molecule is O[C@@]1(c2ccccc2)C=CCCC1. The fourth-order valence-corrected chi connectivity index (χ4v) is 1.82. The molecule has 0 unspecified atom stereocenters. The van der Waals surface area contributed by atoms with E-state index in [0.29, 0.717) is 0 Å². The zero-order valence-corrected chi connectivity index (χ0v) is 7.61. The summed E-state index contributed by atoms with van der Waals surface area (Å²) in [6.45, 7) is 0. The Morgan fingerprint density at radius 1 is 1.15 bits per heavy atom. The van der Waals surface area contributed by atoms with E-state index in [9.17, 15) is 5.11 Å². The highest BCUT2D eigenvalue weighted by molar-refractivity contribution is 5.28. The lowest BCUT2D eigenvalue weighted by Crippen LogP contribution is -2.24. The lowest BCUT2D eigenvalue weighted by atomic mass is 9.85. The number of hydrogen-bond acceptors (Lipinski definition) is 1. The van der Waals surface area contributed by atoms with Crippen molar-refractivity contribution in [2.45, 2.75) is 24.9 Å². The van der Waals surface area contributed by atoms with Gasteiger partial charge in [0.05, 0.1) is 0 Å². The molecule has 0 bridgehead atoms. The van der Waals surface area contributed by atoms with E-state index in [-0.39, 0.29) is 0 Å². The molecule has 1 aliphatic rings. The highest BCUT2D eigenvalue weighted by atomic mass is 16.3. The lowest BCUT2D eigenvalue weighted by Gasteiger charge is -2.27. The molecule has 0 saturated carbocycles. The maximum absolute atomic E-state index is 10.3. The van der Waals surface area contributed by atoms with Crippen LogP contribution in [0.5, 0.6) is 0 Å². The molecular formula is C12H14O. The first-order chi connectivity index (χ1) is 6.31. The predicted octanol–water partition coefficient (Wildman–Crippen LogP) is 2.61. The van der Waals surface area contributed by atoms with E-state index >= 15 is 0 Å². The molecule has 0 fully saturated rings. The second-order valence-electron chi connectivity index (χ2n) is 3.58. The van der Waals surface area contributed by atoms with E-state index in [0.717, 1.165) is 24.8 Å². The van der Waals surface area contributed by atoms with E-state index in [2.05, 4.69) is 6.08 Å². The van der Waals surface area contributed by atoms with Crippen LogP contribution in [-0.4, -0.2) is 5.11 Å². The standard InChI is InChI=1S/C12H14O/c13-12(9-5-2-6-10-12)11-7-3-1-4-8-11/h1,3-5,7-9,13H,2,6,10H2/t12-/m0/s1. The van der Waals surface area contributed by atoms with Crippen LogP contribution in [-0.2, 0) is 5.60 Å². The molecule has 1 nitrogen and oxygen atoms in total. The van der Waals surface area contributed by atoms with Crippen molar-refractivity contribution in [1.29, 1.82) is 0 Å². The summed E-state index contributed by atoms with van der Waals surface area (Å²) in [5.41, 5.74) is 0.297. The van der Waals surface area contributed by atoms with Gasteiger partial charge in [0.2, 0.25) is 0 Å². The number of allylic oxidation sites excluding steroid dienone is 1. The Morgan fingerprint density at radius 2 is 1.92 bits per heavy atom. The summed E-state index contributed by atoms with van der Waals surface area (Å²) < 4.78 is 0. The highest BCUT2D eigenvalue weighted by Gasteiger charge is 2.26. The van der Waals surface area contributed by atoms with E-state index in [1.807, 2.05) is 36.4 Å². The van der Waals surface area contributed by atoms with Crippen LogP contribution in [0.1, 0.15) is 24.8 Å². The van der Waals surface area contributed by atoms with E-state index in [4.69, 9.17) is 0 Å². The summed E-state index contributed by atoms with van der Waals surface area (Å²) in [6, 6.07) is 9.87. The van der Waals surface area contributed by atoms with Crippen molar-refractivity contribution in [3.63, 3.8) is 0 Å². The topological polar surface area (TPSA) is 20.2 Å². The van der Waals surface area contributed by atoms with Gasteiger partial charge in [-0.2, -0.15) is 0 Å². The zero-order valence-electron chi connectivity index (χ0n) is 7.61. The number of aliphatic hydroxyl groups is 1. The van der Waals surface area contributed by atoms with E-state index in [1.165, 1.54) is 0 Å².